The minimum Gasteiger partial charge on any atom is -0.508 e. The van der Waals surface area contributed by atoms with Gasteiger partial charge >= 0.3 is 6.09 Å². The van der Waals surface area contributed by atoms with E-state index in [0.717, 1.165) is 11.1 Å². The Kier molecular flexibility index (Phi) is 3.99. The molecule has 0 aliphatic rings. The molecular weight excluding hydrogens is 218 g/mol. The summed E-state index contributed by atoms with van der Waals surface area (Å²) in [5, 5.41) is 12.2. The first-order valence-corrected chi connectivity index (χ1v) is 5.54. The van der Waals surface area contributed by atoms with Crippen molar-refractivity contribution in [3.05, 3.63) is 29.3 Å². The molecular formula is C13H19NO3. The highest BCUT2D eigenvalue weighted by Crippen LogP contribution is 2.19. The first-order chi connectivity index (χ1) is 7.79. The minimum absolute atomic E-state index is 0.230. The van der Waals surface area contributed by atoms with E-state index in [1.807, 2.05) is 26.8 Å². The maximum Gasteiger partial charge on any atom is 0.407 e. The van der Waals surface area contributed by atoms with Crippen molar-refractivity contribution in [2.24, 2.45) is 0 Å². The van der Waals surface area contributed by atoms with Crippen LogP contribution in [0, 0.1) is 6.92 Å². The number of ether oxygens (including phenoxy) is 1. The van der Waals surface area contributed by atoms with Gasteiger partial charge in [-0.2, -0.15) is 0 Å². The molecule has 1 aromatic rings. The van der Waals surface area contributed by atoms with Crippen LogP contribution in [0.2, 0.25) is 0 Å². The molecule has 0 atom stereocenters. The van der Waals surface area contributed by atoms with Crippen molar-refractivity contribution in [3.8, 4) is 5.75 Å². The third kappa shape index (κ3) is 4.34. The number of amides is 1. The van der Waals surface area contributed by atoms with Gasteiger partial charge < -0.3 is 15.2 Å². The molecule has 94 valence electrons. The maximum absolute atomic E-state index is 11.4. The maximum atomic E-state index is 11.4. The van der Waals surface area contributed by atoms with Gasteiger partial charge in [-0.15, -0.1) is 0 Å². The van der Waals surface area contributed by atoms with E-state index in [1.165, 1.54) is 0 Å². The van der Waals surface area contributed by atoms with Crippen molar-refractivity contribution in [2.45, 2.75) is 39.8 Å². The molecule has 0 aliphatic heterocycles. The number of alkyl carbamates (subject to hydrolysis) is 1. The van der Waals surface area contributed by atoms with Crippen LogP contribution in [-0.2, 0) is 11.3 Å². The molecule has 1 amide bonds. The normalized spacial score (nSPS) is 11.1. The summed E-state index contributed by atoms with van der Waals surface area (Å²) in [6.07, 6.45) is -0.458. The van der Waals surface area contributed by atoms with Crippen molar-refractivity contribution < 1.29 is 14.6 Å². The van der Waals surface area contributed by atoms with Crippen LogP contribution in [-0.4, -0.2) is 16.8 Å². The van der Waals surface area contributed by atoms with Gasteiger partial charge in [0.25, 0.3) is 0 Å². The lowest BCUT2D eigenvalue weighted by Gasteiger charge is -2.20. The van der Waals surface area contributed by atoms with Gasteiger partial charge in [-0.25, -0.2) is 4.79 Å². The minimum atomic E-state index is -0.502. The summed E-state index contributed by atoms with van der Waals surface area (Å²) in [5.41, 5.74) is 1.14. The molecule has 0 fully saturated rings. The molecule has 17 heavy (non-hydrogen) atoms. The van der Waals surface area contributed by atoms with Gasteiger partial charge in [0.15, 0.2) is 0 Å². The quantitative estimate of drug-likeness (QED) is 0.831. The molecule has 0 bridgehead atoms. The third-order valence-electron chi connectivity index (χ3n) is 2.24. The SMILES string of the molecule is Cc1c(O)cccc1CNC(=O)OC(C)(C)C. The van der Waals surface area contributed by atoms with E-state index >= 15 is 0 Å². The molecule has 0 saturated carbocycles. The molecule has 0 saturated heterocycles. The molecule has 4 heteroatoms. The summed E-state index contributed by atoms with van der Waals surface area (Å²) in [6.45, 7) is 7.58. The van der Waals surface area contributed by atoms with Gasteiger partial charge in [0.05, 0.1) is 0 Å². The number of aromatic hydroxyl groups is 1. The van der Waals surface area contributed by atoms with E-state index in [4.69, 9.17) is 4.74 Å². The first kappa shape index (κ1) is 13.4. The summed E-state index contributed by atoms with van der Waals surface area (Å²) in [7, 11) is 0. The molecule has 0 spiro atoms. The number of benzene rings is 1. The van der Waals surface area contributed by atoms with Crippen molar-refractivity contribution in [3.63, 3.8) is 0 Å². The fourth-order valence-corrected chi connectivity index (χ4v) is 1.34. The molecule has 1 rings (SSSR count). The zero-order valence-electron chi connectivity index (χ0n) is 10.7. The van der Waals surface area contributed by atoms with E-state index in [9.17, 15) is 9.90 Å². The van der Waals surface area contributed by atoms with Gasteiger partial charge in [-0.1, -0.05) is 12.1 Å². The summed E-state index contributed by atoms with van der Waals surface area (Å²) in [4.78, 5) is 11.4. The molecule has 0 radical (unpaired) electrons. The second-order valence-corrected chi connectivity index (χ2v) is 4.92. The van der Waals surface area contributed by atoms with E-state index < -0.39 is 11.7 Å². The van der Waals surface area contributed by atoms with E-state index in [-0.39, 0.29) is 5.75 Å². The van der Waals surface area contributed by atoms with Crippen LogP contribution in [0.25, 0.3) is 0 Å². The lowest BCUT2D eigenvalue weighted by atomic mass is 10.1. The Morgan fingerprint density at radius 2 is 2.06 bits per heavy atom. The Bertz CT molecular complexity index is 408. The van der Waals surface area contributed by atoms with E-state index in [2.05, 4.69) is 5.32 Å². The summed E-state index contributed by atoms with van der Waals surface area (Å²) < 4.78 is 5.12. The zero-order chi connectivity index (χ0) is 13.1. The average molecular weight is 237 g/mol. The Morgan fingerprint density at radius 3 is 2.65 bits per heavy atom. The van der Waals surface area contributed by atoms with Crippen LogP contribution in [0.4, 0.5) is 4.79 Å². The van der Waals surface area contributed by atoms with Gasteiger partial charge in [0.1, 0.15) is 11.4 Å². The number of phenols is 1. The van der Waals surface area contributed by atoms with E-state index in [1.54, 1.807) is 19.1 Å². The predicted molar refractivity (Wildman–Crippen MR) is 65.9 cm³/mol. The van der Waals surface area contributed by atoms with Crippen LogP contribution in [0.5, 0.6) is 5.75 Å². The highest BCUT2D eigenvalue weighted by Gasteiger charge is 2.15. The Hall–Kier alpha value is -1.71. The second-order valence-electron chi connectivity index (χ2n) is 4.92. The largest absolute Gasteiger partial charge is 0.508 e. The molecule has 4 nitrogen and oxygen atoms in total. The number of carbonyl (C=O) groups excluding carboxylic acids is 1. The zero-order valence-corrected chi connectivity index (χ0v) is 10.7. The van der Waals surface area contributed by atoms with Gasteiger partial charge in [-0.05, 0) is 44.9 Å². The van der Waals surface area contributed by atoms with E-state index in [0.29, 0.717) is 6.54 Å². The first-order valence-electron chi connectivity index (χ1n) is 5.54. The predicted octanol–water partition coefficient (Wildman–Crippen LogP) is 2.73. The lowest BCUT2D eigenvalue weighted by Crippen LogP contribution is -2.32. The monoisotopic (exact) mass is 237 g/mol. The fraction of sp³-hybridized carbons (Fsp3) is 0.462. The smallest absolute Gasteiger partial charge is 0.407 e. The number of hydrogen-bond acceptors (Lipinski definition) is 3. The highest BCUT2D eigenvalue weighted by molar-refractivity contribution is 5.67. The number of nitrogens with one attached hydrogen (secondary N) is 1. The number of hydrogen-bond donors (Lipinski definition) is 2. The van der Waals surface area contributed by atoms with Crippen LogP contribution < -0.4 is 5.32 Å². The molecule has 0 aromatic heterocycles. The standard InChI is InChI=1S/C13H19NO3/c1-9-10(6-5-7-11(9)15)8-14-12(16)17-13(2,3)4/h5-7,15H,8H2,1-4H3,(H,14,16). The van der Waals surface area contributed by atoms with Crippen molar-refractivity contribution in [1.29, 1.82) is 0 Å². The Morgan fingerprint density at radius 1 is 1.41 bits per heavy atom. The molecule has 2 N–H and O–H groups in total. The molecule has 0 aliphatic carbocycles. The van der Waals surface area contributed by atoms with Crippen molar-refractivity contribution >= 4 is 6.09 Å². The topological polar surface area (TPSA) is 58.6 Å². The van der Waals surface area contributed by atoms with Gasteiger partial charge in [0.2, 0.25) is 0 Å². The van der Waals surface area contributed by atoms with Gasteiger partial charge in [-0.3, -0.25) is 0 Å². The average Bonchev–Trinajstić information content (AvgIpc) is 2.18. The third-order valence-corrected chi connectivity index (χ3v) is 2.24. The van der Waals surface area contributed by atoms with Crippen LogP contribution >= 0.6 is 0 Å². The molecule has 0 heterocycles. The van der Waals surface area contributed by atoms with Crippen molar-refractivity contribution in [2.75, 3.05) is 0 Å². The summed E-state index contributed by atoms with van der Waals surface area (Å²) in [5.74, 6) is 0.230. The van der Waals surface area contributed by atoms with Gasteiger partial charge in [0, 0.05) is 6.54 Å². The Labute approximate surface area is 102 Å². The lowest BCUT2D eigenvalue weighted by molar-refractivity contribution is 0.0523. The highest BCUT2D eigenvalue weighted by atomic mass is 16.6. The Balaban J connectivity index is 2.56. The molecule has 0 unspecified atom stereocenters. The fourth-order valence-electron chi connectivity index (χ4n) is 1.34. The van der Waals surface area contributed by atoms with Crippen molar-refractivity contribution in [1.82, 2.24) is 5.32 Å². The summed E-state index contributed by atoms with van der Waals surface area (Å²) in [6, 6.07) is 5.22. The number of rotatable bonds is 2. The second kappa shape index (κ2) is 5.08. The number of phenolic OH excluding ortho intramolecular Hbond substituents is 1. The van der Waals surface area contributed by atoms with Crippen LogP contribution in [0.3, 0.4) is 0 Å². The van der Waals surface area contributed by atoms with Crippen LogP contribution in [0.1, 0.15) is 31.9 Å². The summed E-state index contributed by atoms with van der Waals surface area (Å²) >= 11 is 0. The van der Waals surface area contributed by atoms with Crippen LogP contribution in [0.15, 0.2) is 18.2 Å². The number of carbonyl (C=O) groups is 1. The molecule has 1 aromatic carbocycles.